The minimum absolute atomic E-state index is 0.684. The number of piperidine rings is 1. The van der Waals surface area contributed by atoms with Crippen LogP contribution in [0, 0.1) is 6.92 Å². The largest absolute Gasteiger partial charge is 0.317 e. The maximum Gasteiger partial charge on any atom is 0.155 e. The molecule has 0 spiro atoms. The fraction of sp³-hybridized carbons (Fsp3) is 0.500. The molecule has 3 heterocycles. The second-order valence-electron chi connectivity index (χ2n) is 4.45. The Balaban J connectivity index is 1.97. The summed E-state index contributed by atoms with van der Waals surface area (Å²) in [5.41, 5.74) is 2.37. The van der Waals surface area contributed by atoms with Crippen LogP contribution in [0.4, 0.5) is 0 Å². The number of aryl methyl sites for hydroxylation is 1. The molecule has 0 bridgehead atoms. The minimum Gasteiger partial charge on any atom is -0.317 e. The summed E-state index contributed by atoms with van der Waals surface area (Å²) in [6.45, 7) is 4.18. The molecule has 1 aliphatic heterocycles. The first kappa shape index (κ1) is 9.78. The lowest BCUT2D eigenvalue weighted by molar-refractivity contribution is 0.460. The van der Waals surface area contributed by atoms with Crippen molar-refractivity contribution in [3.63, 3.8) is 0 Å². The summed E-state index contributed by atoms with van der Waals surface area (Å²) in [5.74, 6) is 1.52. The SMILES string of the molecule is Cc1nc2cc(C3CCNCC3)ccn2n1. The lowest BCUT2D eigenvalue weighted by Gasteiger charge is -2.22. The van der Waals surface area contributed by atoms with Gasteiger partial charge in [0.15, 0.2) is 5.65 Å². The molecular weight excluding hydrogens is 200 g/mol. The molecule has 0 aromatic carbocycles. The van der Waals surface area contributed by atoms with E-state index in [-0.39, 0.29) is 0 Å². The highest BCUT2D eigenvalue weighted by Crippen LogP contribution is 2.25. The van der Waals surface area contributed by atoms with Gasteiger partial charge < -0.3 is 5.32 Å². The molecule has 3 rings (SSSR count). The van der Waals surface area contributed by atoms with Crippen molar-refractivity contribution in [2.24, 2.45) is 0 Å². The highest BCUT2D eigenvalue weighted by atomic mass is 15.3. The molecule has 4 heteroatoms. The van der Waals surface area contributed by atoms with Gasteiger partial charge in [-0.15, -0.1) is 0 Å². The zero-order valence-electron chi connectivity index (χ0n) is 9.48. The molecule has 1 fully saturated rings. The van der Waals surface area contributed by atoms with Crippen LogP contribution in [0.1, 0.15) is 30.1 Å². The summed E-state index contributed by atoms with van der Waals surface area (Å²) >= 11 is 0. The van der Waals surface area contributed by atoms with Gasteiger partial charge in [-0.1, -0.05) is 0 Å². The predicted molar refractivity (Wildman–Crippen MR) is 62.6 cm³/mol. The molecular formula is C12H16N4. The van der Waals surface area contributed by atoms with Crippen LogP contribution in [0.2, 0.25) is 0 Å². The van der Waals surface area contributed by atoms with Crippen molar-refractivity contribution in [1.29, 1.82) is 0 Å². The van der Waals surface area contributed by atoms with Gasteiger partial charge in [0, 0.05) is 6.20 Å². The summed E-state index contributed by atoms with van der Waals surface area (Å²) in [6, 6.07) is 4.35. The molecule has 0 amide bonds. The van der Waals surface area contributed by atoms with Gasteiger partial charge in [-0.05, 0) is 56.5 Å². The number of rotatable bonds is 1. The van der Waals surface area contributed by atoms with E-state index in [1.165, 1.54) is 18.4 Å². The number of nitrogens with zero attached hydrogens (tertiary/aromatic N) is 3. The van der Waals surface area contributed by atoms with E-state index in [1.807, 2.05) is 17.6 Å². The standard InChI is InChI=1S/C12H16N4/c1-9-14-12-8-11(4-7-16(12)15-9)10-2-5-13-6-3-10/h4,7-8,10,13H,2-3,5-6H2,1H3. The Morgan fingerprint density at radius 3 is 3.00 bits per heavy atom. The summed E-state index contributed by atoms with van der Waals surface area (Å²) in [4.78, 5) is 4.40. The zero-order chi connectivity index (χ0) is 11.0. The van der Waals surface area contributed by atoms with Crippen LogP contribution >= 0.6 is 0 Å². The Hall–Kier alpha value is -1.42. The van der Waals surface area contributed by atoms with E-state index in [4.69, 9.17) is 0 Å². The molecule has 0 saturated carbocycles. The van der Waals surface area contributed by atoms with Crippen LogP contribution in [0.15, 0.2) is 18.3 Å². The van der Waals surface area contributed by atoms with Crippen LogP contribution < -0.4 is 5.32 Å². The fourth-order valence-electron chi connectivity index (χ4n) is 2.42. The van der Waals surface area contributed by atoms with E-state index in [9.17, 15) is 0 Å². The topological polar surface area (TPSA) is 42.2 Å². The Morgan fingerprint density at radius 2 is 2.19 bits per heavy atom. The van der Waals surface area contributed by atoms with Crippen molar-refractivity contribution >= 4 is 5.65 Å². The third kappa shape index (κ3) is 1.69. The molecule has 16 heavy (non-hydrogen) atoms. The second kappa shape index (κ2) is 3.87. The van der Waals surface area contributed by atoms with Gasteiger partial charge in [-0.3, -0.25) is 0 Å². The molecule has 1 aliphatic rings. The van der Waals surface area contributed by atoms with E-state index >= 15 is 0 Å². The van der Waals surface area contributed by atoms with Crippen LogP contribution in [0.3, 0.4) is 0 Å². The lowest BCUT2D eigenvalue weighted by atomic mass is 9.91. The third-order valence-corrected chi connectivity index (χ3v) is 3.28. The van der Waals surface area contributed by atoms with Gasteiger partial charge in [0.25, 0.3) is 0 Å². The van der Waals surface area contributed by atoms with Gasteiger partial charge in [0.1, 0.15) is 5.82 Å². The molecule has 4 nitrogen and oxygen atoms in total. The first-order valence-electron chi connectivity index (χ1n) is 5.86. The summed E-state index contributed by atoms with van der Waals surface area (Å²) in [7, 11) is 0. The molecule has 0 aliphatic carbocycles. The Kier molecular flexibility index (Phi) is 2.36. The molecule has 2 aromatic rings. The van der Waals surface area contributed by atoms with Crippen LogP contribution in [0.25, 0.3) is 5.65 Å². The van der Waals surface area contributed by atoms with Crippen LogP contribution in [-0.4, -0.2) is 27.7 Å². The second-order valence-corrected chi connectivity index (χ2v) is 4.45. The molecule has 1 saturated heterocycles. The Morgan fingerprint density at radius 1 is 1.38 bits per heavy atom. The number of nitrogens with one attached hydrogen (secondary N) is 1. The predicted octanol–water partition coefficient (Wildman–Crippen LogP) is 1.50. The van der Waals surface area contributed by atoms with Crippen LogP contribution in [-0.2, 0) is 0 Å². The van der Waals surface area contributed by atoms with E-state index in [0.29, 0.717) is 5.92 Å². The maximum absolute atomic E-state index is 4.40. The number of fused-ring (bicyclic) bond motifs is 1. The summed E-state index contributed by atoms with van der Waals surface area (Å²) in [6.07, 6.45) is 4.47. The van der Waals surface area contributed by atoms with Gasteiger partial charge >= 0.3 is 0 Å². The first-order valence-corrected chi connectivity index (χ1v) is 5.86. The van der Waals surface area contributed by atoms with E-state index in [2.05, 4.69) is 27.5 Å². The monoisotopic (exact) mass is 216 g/mol. The number of hydrogen-bond donors (Lipinski definition) is 1. The molecule has 1 N–H and O–H groups in total. The maximum atomic E-state index is 4.40. The van der Waals surface area contributed by atoms with Gasteiger partial charge in [-0.2, -0.15) is 5.10 Å². The summed E-state index contributed by atoms with van der Waals surface area (Å²) in [5, 5.41) is 7.69. The number of aromatic nitrogens is 3. The van der Waals surface area contributed by atoms with Crippen molar-refractivity contribution in [3.8, 4) is 0 Å². The van der Waals surface area contributed by atoms with Crippen LogP contribution in [0.5, 0.6) is 0 Å². The minimum atomic E-state index is 0.684. The molecule has 2 aromatic heterocycles. The Bertz CT molecular complexity index is 497. The normalized spacial score (nSPS) is 18.1. The van der Waals surface area contributed by atoms with Gasteiger partial charge in [-0.25, -0.2) is 9.50 Å². The zero-order valence-corrected chi connectivity index (χ0v) is 9.48. The third-order valence-electron chi connectivity index (χ3n) is 3.28. The highest BCUT2D eigenvalue weighted by Gasteiger charge is 2.15. The summed E-state index contributed by atoms with van der Waals surface area (Å²) < 4.78 is 1.85. The first-order chi connectivity index (χ1) is 7.83. The number of pyridine rings is 1. The average molecular weight is 216 g/mol. The van der Waals surface area contributed by atoms with Crippen molar-refractivity contribution in [1.82, 2.24) is 19.9 Å². The molecule has 0 unspecified atom stereocenters. The molecule has 0 atom stereocenters. The van der Waals surface area contributed by atoms with E-state index < -0.39 is 0 Å². The highest BCUT2D eigenvalue weighted by molar-refractivity contribution is 5.41. The van der Waals surface area contributed by atoms with E-state index in [1.54, 1.807) is 0 Å². The molecule has 0 radical (unpaired) electrons. The van der Waals surface area contributed by atoms with Crippen molar-refractivity contribution in [2.75, 3.05) is 13.1 Å². The smallest absolute Gasteiger partial charge is 0.155 e. The quantitative estimate of drug-likeness (QED) is 0.785. The average Bonchev–Trinajstić information content (AvgIpc) is 2.69. The van der Waals surface area contributed by atoms with Gasteiger partial charge in [0.2, 0.25) is 0 Å². The van der Waals surface area contributed by atoms with Crippen molar-refractivity contribution in [3.05, 3.63) is 29.7 Å². The molecule has 84 valence electrons. The van der Waals surface area contributed by atoms with Crippen molar-refractivity contribution in [2.45, 2.75) is 25.7 Å². The Labute approximate surface area is 94.7 Å². The van der Waals surface area contributed by atoms with E-state index in [0.717, 1.165) is 24.6 Å². The van der Waals surface area contributed by atoms with Gasteiger partial charge in [0.05, 0.1) is 0 Å². The number of hydrogen-bond acceptors (Lipinski definition) is 3. The van der Waals surface area contributed by atoms with Crippen molar-refractivity contribution < 1.29 is 0 Å². The fourth-order valence-corrected chi connectivity index (χ4v) is 2.42. The lowest BCUT2D eigenvalue weighted by Crippen LogP contribution is -2.26.